The van der Waals surface area contributed by atoms with Crippen molar-refractivity contribution in [1.82, 2.24) is 0 Å². The van der Waals surface area contributed by atoms with E-state index in [1.54, 1.807) is 7.11 Å². The van der Waals surface area contributed by atoms with Gasteiger partial charge in [0.2, 0.25) is 0 Å². The van der Waals surface area contributed by atoms with Crippen molar-refractivity contribution in [1.29, 1.82) is 0 Å². The minimum atomic E-state index is -0.346. The van der Waals surface area contributed by atoms with Gasteiger partial charge in [-0.3, -0.25) is 0 Å². The average molecular weight is 332 g/mol. The van der Waals surface area contributed by atoms with Crippen LogP contribution in [0.5, 0.6) is 5.75 Å². The van der Waals surface area contributed by atoms with E-state index in [1.807, 2.05) is 32.7 Å². The Hall–Kier alpha value is -0.780. The topological polar surface area (TPSA) is 52.9 Å². The Morgan fingerprint density at radius 2 is 1.63 bits per heavy atom. The normalized spacial score (nSPS) is 11.0. The van der Waals surface area contributed by atoms with Gasteiger partial charge in [0.25, 0.3) is 0 Å². The summed E-state index contributed by atoms with van der Waals surface area (Å²) in [6.45, 7) is 5.81. The molecule has 0 amide bonds. The monoisotopic (exact) mass is 331 g/mol. The van der Waals surface area contributed by atoms with Crippen LogP contribution < -0.4 is 9.64 Å². The molecule has 0 spiro atoms. The van der Waals surface area contributed by atoms with Crippen LogP contribution in [0.4, 0.5) is 5.69 Å². The Kier molecular flexibility index (Phi) is 5.64. The smallest absolute Gasteiger partial charge is 0.145 e. The quantitative estimate of drug-likeness (QED) is 0.868. The second-order valence-electron chi connectivity index (χ2n) is 4.70. The van der Waals surface area contributed by atoms with Crippen molar-refractivity contribution in [2.75, 3.05) is 32.3 Å². The van der Waals surface area contributed by atoms with Crippen molar-refractivity contribution >= 4 is 21.6 Å². The van der Waals surface area contributed by atoms with Crippen LogP contribution in [0.25, 0.3) is 0 Å². The van der Waals surface area contributed by atoms with Crippen LogP contribution in [-0.2, 0) is 0 Å². The van der Waals surface area contributed by atoms with Crippen LogP contribution in [0.15, 0.2) is 4.47 Å². The molecule has 1 rings (SSSR count). The van der Waals surface area contributed by atoms with Gasteiger partial charge < -0.3 is 19.8 Å². The molecule has 2 N–H and O–H groups in total. The maximum atomic E-state index is 9.35. The molecule has 108 valence electrons. The van der Waals surface area contributed by atoms with Gasteiger partial charge in [-0.15, -0.1) is 0 Å². The summed E-state index contributed by atoms with van der Waals surface area (Å²) in [6, 6.07) is -0.346. The lowest BCUT2D eigenvalue weighted by atomic mass is 10.0. The molecule has 0 fully saturated rings. The van der Waals surface area contributed by atoms with Crippen molar-refractivity contribution in [2.45, 2.75) is 26.8 Å². The third kappa shape index (κ3) is 2.88. The van der Waals surface area contributed by atoms with Crippen LogP contribution >= 0.6 is 15.9 Å². The predicted octanol–water partition coefficient (Wildman–Crippen LogP) is 2.17. The number of anilines is 1. The fourth-order valence-electron chi connectivity index (χ4n) is 2.23. The summed E-state index contributed by atoms with van der Waals surface area (Å²) in [5.41, 5.74) is 4.12. The number of rotatable bonds is 5. The molecule has 0 radical (unpaired) electrons. The highest BCUT2D eigenvalue weighted by Crippen LogP contribution is 2.42. The largest absolute Gasteiger partial charge is 0.494 e. The SMILES string of the molecule is COc1c(C)c(C)c(Br)c(C)c1N(C)C(CO)CO. The number of halogens is 1. The number of aliphatic hydroxyl groups is 2. The lowest BCUT2D eigenvalue weighted by Gasteiger charge is -2.31. The first-order valence-electron chi connectivity index (χ1n) is 6.18. The zero-order valence-corrected chi connectivity index (χ0v) is 13.7. The highest BCUT2D eigenvalue weighted by molar-refractivity contribution is 9.10. The third-order valence-electron chi connectivity index (χ3n) is 3.66. The lowest BCUT2D eigenvalue weighted by molar-refractivity contribution is 0.190. The van der Waals surface area contributed by atoms with Crippen molar-refractivity contribution in [3.63, 3.8) is 0 Å². The number of nitrogens with zero attached hydrogens (tertiary/aromatic N) is 1. The maximum absolute atomic E-state index is 9.35. The van der Waals surface area contributed by atoms with E-state index in [1.165, 1.54) is 0 Å². The van der Waals surface area contributed by atoms with Gasteiger partial charge in [0.1, 0.15) is 5.75 Å². The van der Waals surface area contributed by atoms with Gasteiger partial charge in [-0.1, -0.05) is 15.9 Å². The molecular formula is C14H22BrNO3. The van der Waals surface area contributed by atoms with E-state index >= 15 is 0 Å². The van der Waals surface area contributed by atoms with Crippen molar-refractivity contribution in [3.8, 4) is 5.75 Å². The predicted molar refractivity (Wildman–Crippen MR) is 81.3 cm³/mol. The zero-order chi connectivity index (χ0) is 14.7. The Bertz CT molecular complexity index is 459. The van der Waals surface area contributed by atoms with E-state index in [4.69, 9.17) is 4.74 Å². The number of ether oxygens (including phenoxy) is 1. The molecule has 0 atom stereocenters. The summed E-state index contributed by atoms with van der Waals surface area (Å²) in [6.07, 6.45) is 0. The van der Waals surface area contributed by atoms with Gasteiger partial charge in [0.05, 0.1) is 32.1 Å². The first-order chi connectivity index (χ1) is 8.90. The Morgan fingerprint density at radius 3 is 2.05 bits per heavy atom. The van der Waals surface area contributed by atoms with Gasteiger partial charge in [-0.25, -0.2) is 0 Å². The number of hydrogen-bond donors (Lipinski definition) is 2. The van der Waals surface area contributed by atoms with Gasteiger partial charge in [0.15, 0.2) is 0 Å². The second kappa shape index (κ2) is 6.59. The van der Waals surface area contributed by atoms with Crippen LogP contribution in [-0.4, -0.2) is 43.6 Å². The molecule has 0 aliphatic rings. The van der Waals surface area contributed by atoms with E-state index in [9.17, 15) is 10.2 Å². The van der Waals surface area contributed by atoms with E-state index in [-0.39, 0.29) is 19.3 Å². The fraction of sp³-hybridized carbons (Fsp3) is 0.571. The molecule has 19 heavy (non-hydrogen) atoms. The number of likely N-dealkylation sites (N-methyl/N-ethyl adjacent to an activating group) is 1. The standard InChI is InChI=1S/C14H22BrNO3/c1-8-9(2)14(19-5)13(10(3)12(8)15)16(4)11(6-17)7-18/h11,17-18H,6-7H2,1-5H3. The summed E-state index contributed by atoms with van der Waals surface area (Å²) in [5, 5.41) is 18.7. The first-order valence-corrected chi connectivity index (χ1v) is 6.97. The molecule has 5 heteroatoms. The molecule has 0 unspecified atom stereocenters. The summed E-state index contributed by atoms with van der Waals surface area (Å²) >= 11 is 3.60. The van der Waals surface area contributed by atoms with Crippen LogP contribution in [0.1, 0.15) is 16.7 Å². The third-order valence-corrected chi connectivity index (χ3v) is 4.85. The van der Waals surface area contributed by atoms with Gasteiger partial charge in [-0.05, 0) is 37.5 Å². The summed E-state index contributed by atoms with van der Waals surface area (Å²) in [5.74, 6) is 0.785. The van der Waals surface area contributed by atoms with Crippen LogP contribution in [0.2, 0.25) is 0 Å². The Balaban J connectivity index is 3.49. The molecule has 1 aromatic rings. The molecule has 0 aliphatic heterocycles. The van der Waals surface area contributed by atoms with E-state index in [0.717, 1.165) is 32.6 Å². The molecule has 0 aliphatic carbocycles. The number of aliphatic hydroxyl groups excluding tert-OH is 2. The zero-order valence-electron chi connectivity index (χ0n) is 12.1. The molecule has 0 bridgehead atoms. The van der Waals surface area contributed by atoms with E-state index in [2.05, 4.69) is 15.9 Å². The van der Waals surface area contributed by atoms with Gasteiger partial charge in [-0.2, -0.15) is 0 Å². The van der Waals surface area contributed by atoms with E-state index in [0.29, 0.717) is 0 Å². The molecule has 0 saturated heterocycles. The summed E-state index contributed by atoms with van der Waals surface area (Å²) in [4.78, 5) is 1.87. The Morgan fingerprint density at radius 1 is 1.11 bits per heavy atom. The van der Waals surface area contributed by atoms with Crippen molar-refractivity contribution < 1.29 is 14.9 Å². The number of benzene rings is 1. The average Bonchev–Trinajstić information content (AvgIpc) is 2.41. The van der Waals surface area contributed by atoms with Crippen LogP contribution in [0, 0.1) is 20.8 Å². The van der Waals surface area contributed by atoms with Gasteiger partial charge >= 0.3 is 0 Å². The fourth-order valence-corrected chi connectivity index (χ4v) is 2.71. The molecule has 0 saturated carbocycles. The molecule has 4 nitrogen and oxygen atoms in total. The van der Waals surface area contributed by atoms with Crippen molar-refractivity contribution in [2.24, 2.45) is 0 Å². The molecule has 1 aromatic carbocycles. The molecular weight excluding hydrogens is 310 g/mol. The van der Waals surface area contributed by atoms with E-state index < -0.39 is 0 Å². The first kappa shape index (κ1) is 16.3. The van der Waals surface area contributed by atoms with Gasteiger partial charge in [0, 0.05) is 11.5 Å². The highest BCUT2D eigenvalue weighted by Gasteiger charge is 2.23. The minimum Gasteiger partial charge on any atom is -0.494 e. The Labute approximate surface area is 123 Å². The second-order valence-corrected chi connectivity index (χ2v) is 5.49. The summed E-state index contributed by atoms with van der Waals surface area (Å²) in [7, 11) is 3.49. The maximum Gasteiger partial charge on any atom is 0.145 e. The molecule has 0 aromatic heterocycles. The number of hydrogen-bond acceptors (Lipinski definition) is 4. The number of methoxy groups -OCH3 is 1. The molecule has 0 heterocycles. The lowest BCUT2D eigenvalue weighted by Crippen LogP contribution is -2.38. The van der Waals surface area contributed by atoms with Crippen LogP contribution in [0.3, 0.4) is 0 Å². The summed E-state index contributed by atoms with van der Waals surface area (Å²) < 4.78 is 6.56. The van der Waals surface area contributed by atoms with Crippen molar-refractivity contribution in [3.05, 3.63) is 21.2 Å². The highest BCUT2D eigenvalue weighted by atomic mass is 79.9. The minimum absolute atomic E-state index is 0.111.